The van der Waals surface area contributed by atoms with Gasteiger partial charge in [0.1, 0.15) is 5.75 Å². The number of benzene rings is 1. The predicted octanol–water partition coefficient (Wildman–Crippen LogP) is 4.28. The second-order valence-electron chi connectivity index (χ2n) is 10.5. The number of hydrogen-bond donors (Lipinski definition) is 4. The molecule has 1 saturated heterocycles. The summed E-state index contributed by atoms with van der Waals surface area (Å²) in [5, 5.41) is 24.3. The summed E-state index contributed by atoms with van der Waals surface area (Å²) in [4.78, 5) is 28.3. The number of phenolic OH excluding ortho intramolecular Hbond substituents is 1. The molecule has 0 aliphatic carbocycles. The molecule has 0 saturated carbocycles. The molecule has 1 aliphatic rings. The second kappa shape index (κ2) is 9.86. The predicted molar refractivity (Wildman–Crippen MR) is 132 cm³/mol. The molecular weight excluding hydrogens is 438 g/mol. The summed E-state index contributed by atoms with van der Waals surface area (Å²) in [6, 6.07) is 6.40. The van der Waals surface area contributed by atoms with Crippen molar-refractivity contribution in [3.05, 3.63) is 40.2 Å². The minimum absolute atomic E-state index is 0.0256. The molecule has 0 radical (unpaired) electrons. The Morgan fingerprint density at radius 2 is 1.88 bits per heavy atom. The highest BCUT2D eigenvalue weighted by Crippen LogP contribution is 2.41. The summed E-state index contributed by atoms with van der Waals surface area (Å²) in [6.45, 7) is 13.2. The van der Waals surface area contributed by atoms with Gasteiger partial charge < -0.3 is 29.8 Å². The number of amides is 1. The van der Waals surface area contributed by atoms with E-state index in [1.807, 2.05) is 0 Å². The second-order valence-corrected chi connectivity index (χ2v) is 15.3. The summed E-state index contributed by atoms with van der Waals surface area (Å²) in [5.41, 5.74) is 0.791. The summed E-state index contributed by atoms with van der Waals surface area (Å²) >= 11 is 0. The van der Waals surface area contributed by atoms with Crippen molar-refractivity contribution in [2.75, 3.05) is 26.2 Å². The fourth-order valence-electron chi connectivity index (χ4n) is 4.08. The summed E-state index contributed by atoms with van der Waals surface area (Å²) in [5.74, 6) is 0.283. The van der Waals surface area contributed by atoms with E-state index in [0.29, 0.717) is 23.4 Å². The summed E-state index contributed by atoms with van der Waals surface area (Å²) in [7, 11) is -2.28. The molecule has 4 N–H and O–H groups in total. The normalized spacial score (nSPS) is 16.6. The van der Waals surface area contributed by atoms with E-state index in [-0.39, 0.29) is 22.9 Å². The van der Waals surface area contributed by atoms with Gasteiger partial charge in [-0.25, -0.2) is 4.79 Å². The van der Waals surface area contributed by atoms with E-state index in [1.54, 1.807) is 12.1 Å². The van der Waals surface area contributed by atoms with Gasteiger partial charge in [-0.05, 0) is 67.7 Å². The number of H-pyrrole nitrogens is 1. The number of pyridine rings is 1. The number of nitrogens with one attached hydrogen (secondary N) is 2. The van der Waals surface area contributed by atoms with Gasteiger partial charge in [-0.2, -0.15) is 0 Å². The molecule has 1 aromatic carbocycles. The smallest absolute Gasteiger partial charge is 0.407 e. The van der Waals surface area contributed by atoms with Gasteiger partial charge in [0.2, 0.25) is 5.56 Å². The lowest BCUT2D eigenvalue weighted by molar-refractivity contribution is 0.0906. The van der Waals surface area contributed by atoms with Crippen molar-refractivity contribution in [2.24, 2.45) is 5.92 Å². The monoisotopic (exact) mass is 475 g/mol. The number of carboxylic acid groups (broad SMARTS) is 1. The maximum Gasteiger partial charge on any atom is 0.407 e. The van der Waals surface area contributed by atoms with E-state index in [4.69, 9.17) is 4.43 Å². The van der Waals surface area contributed by atoms with Gasteiger partial charge in [0.05, 0.1) is 18.2 Å². The van der Waals surface area contributed by atoms with Crippen LogP contribution in [-0.2, 0) is 4.43 Å². The van der Waals surface area contributed by atoms with Crippen LogP contribution in [0.25, 0.3) is 10.9 Å². The van der Waals surface area contributed by atoms with Crippen LogP contribution in [0.2, 0.25) is 18.1 Å². The Morgan fingerprint density at radius 3 is 2.48 bits per heavy atom. The first-order valence-corrected chi connectivity index (χ1v) is 14.5. The van der Waals surface area contributed by atoms with Gasteiger partial charge in [0.15, 0.2) is 8.32 Å². The van der Waals surface area contributed by atoms with Crippen LogP contribution < -0.4 is 10.9 Å². The number of aromatic nitrogens is 1. The lowest BCUT2D eigenvalue weighted by atomic mass is 9.97. The lowest BCUT2D eigenvalue weighted by Crippen LogP contribution is -2.46. The fourth-order valence-corrected chi connectivity index (χ4v) is 5.34. The highest BCUT2D eigenvalue weighted by molar-refractivity contribution is 6.74. The number of hydrogen-bond acceptors (Lipinski definition) is 5. The van der Waals surface area contributed by atoms with Gasteiger partial charge >= 0.3 is 6.09 Å². The third kappa shape index (κ3) is 5.96. The average Bonchev–Trinajstić information content (AvgIpc) is 2.73. The first kappa shape index (κ1) is 25.3. The summed E-state index contributed by atoms with van der Waals surface area (Å²) < 4.78 is 6.78. The number of aromatic hydroxyl groups is 1. The molecular formula is C24H37N3O5Si. The molecule has 1 atom stereocenters. The highest BCUT2D eigenvalue weighted by Gasteiger charge is 2.40. The number of aromatic amines is 1. The molecule has 9 heteroatoms. The van der Waals surface area contributed by atoms with Crippen LogP contribution in [0.5, 0.6) is 5.75 Å². The quantitative estimate of drug-likeness (QED) is 0.445. The number of fused-ring (bicyclic) bond motifs is 1. The van der Waals surface area contributed by atoms with Crippen molar-refractivity contribution in [3.8, 4) is 5.75 Å². The highest BCUT2D eigenvalue weighted by atomic mass is 28.4. The van der Waals surface area contributed by atoms with Crippen molar-refractivity contribution in [2.45, 2.75) is 57.8 Å². The van der Waals surface area contributed by atoms with E-state index in [1.165, 1.54) is 17.0 Å². The molecule has 0 bridgehead atoms. The molecule has 1 amide bonds. The fraction of sp³-hybridized carbons (Fsp3) is 0.583. The Labute approximate surface area is 196 Å². The van der Waals surface area contributed by atoms with E-state index >= 15 is 0 Å². The van der Waals surface area contributed by atoms with Crippen molar-refractivity contribution in [1.29, 1.82) is 0 Å². The third-order valence-electron chi connectivity index (χ3n) is 7.09. The Kier molecular flexibility index (Phi) is 7.55. The Morgan fingerprint density at radius 1 is 1.21 bits per heavy atom. The molecule has 1 aliphatic heterocycles. The van der Waals surface area contributed by atoms with Crippen LogP contribution in [0.3, 0.4) is 0 Å². The van der Waals surface area contributed by atoms with Crippen LogP contribution in [0.1, 0.15) is 45.3 Å². The zero-order valence-electron chi connectivity index (χ0n) is 20.3. The minimum Gasteiger partial charge on any atom is -0.506 e. The average molecular weight is 476 g/mol. The maximum absolute atomic E-state index is 12.2. The minimum atomic E-state index is -2.28. The molecule has 1 aromatic heterocycles. The standard InChI is InChI=1S/C24H37N3O5Si/c1-24(2,3)33(4,5)32-20(15-27(23(30)31)14-16-10-12-25-13-11-16)17-6-8-19(28)22-18(17)7-9-21(29)26-22/h6-9,16,20,25,28H,10-15H2,1-5H3,(H,26,29)(H,30,31). The molecule has 2 aromatic rings. The molecule has 1 unspecified atom stereocenters. The summed E-state index contributed by atoms with van der Waals surface area (Å²) in [6.07, 6.45) is 0.397. The largest absolute Gasteiger partial charge is 0.506 e. The van der Waals surface area contributed by atoms with Crippen LogP contribution in [0, 0.1) is 5.92 Å². The zero-order chi connectivity index (χ0) is 24.4. The van der Waals surface area contributed by atoms with Crippen molar-refractivity contribution >= 4 is 25.3 Å². The zero-order valence-corrected chi connectivity index (χ0v) is 21.3. The molecule has 8 nitrogen and oxygen atoms in total. The Balaban J connectivity index is 2.02. The van der Waals surface area contributed by atoms with Gasteiger partial charge in [0.25, 0.3) is 0 Å². The Bertz CT molecular complexity index is 1040. The van der Waals surface area contributed by atoms with E-state index < -0.39 is 20.5 Å². The van der Waals surface area contributed by atoms with Crippen molar-refractivity contribution < 1.29 is 19.4 Å². The van der Waals surface area contributed by atoms with Gasteiger partial charge in [-0.3, -0.25) is 4.79 Å². The van der Waals surface area contributed by atoms with Crippen LogP contribution in [0.15, 0.2) is 29.1 Å². The van der Waals surface area contributed by atoms with E-state index in [2.05, 4.69) is 44.2 Å². The number of phenols is 1. The molecule has 2 heterocycles. The van der Waals surface area contributed by atoms with Crippen LogP contribution in [-0.4, -0.2) is 60.7 Å². The van der Waals surface area contributed by atoms with E-state index in [0.717, 1.165) is 31.5 Å². The topological polar surface area (TPSA) is 115 Å². The molecule has 3 rings (SSSR count). The first-order chi connectivity index (χ1) is 15.4. The third-order valence-corrected chi connectivity index (χ3v) is 11.6. The molecule has 0 spiro atoms. The Hall–Kier alpha value is -2.36. The van der Waals surface area contributed by atoms with Gasteiger partial charge in [0, 0.05) is 18.0 Å². The van der Waals surface area contributed by atoms with Crippen LogP contribution in [0.4, 0.5) is 4.79 Å². The lowest BCUT2D eigenvalue weighted by Gasteiger charge is -2.41. The number of piperidine rings is 1. The number of rotatable bonds is 7. The van der Waals surface area contributed by atoms with E-state index in [9.17, 15) is 19.8 Å². The van der Waals surface area contributed by atoms with Crippen molar-refractivity contribution in [3.63, 3.8) is 0 Å². The SMILES string of the molecule is CC(C)(C)[Si](C)(C)OC(CN(CC1CCNCC1)C(=O)O)c1ccc(O)c2[nH]c(=O)ccc12. The van der Waals surface area contributed by atoms with Crippen molar-refractivity contribution in [1.82, 2.24) is 15.2 Å². The maximum atomic E-state index is 12.2. The van der Waals surface area contributed by atoms with Gasteiger partial charge in [-0.1, -0.05) is 26.8 Å². The molecule has 33 heavy (non-hydrogen) atoms. The number of carbonyl (C=O) groups is 1. The molecule has 182 valence electrons. The van der Waals surface area contributed by atoms with Gasteiger partial charge in [-0.15, -0.1) is 0 Å². The van der Waals surface area contributed by atoms with Crippen LogP contribution >= 0.6 is 0 Å². The number of nitrogens with zero attached hydrogens (tertiary/aromatic N) is 1. The molecule has 1 fully saturated rings. The first-order valence-electron chi connectivity index (χ1n) is 11.6.